The summed E-state index contributed by atoms with van der Waals surface area (Å²) in [6.07, 6.45) is 8.77. The van der Waals surface area contributed by atoms with Crippen molar-refractivity contribution in [1.82, 2.24) is 24.6 Å². The van der Waals surface area contributed by atoms with Gasteiger partial charge in [0.2, 0.25) is 0 Å². The number of nitrogens with zero attached hydrogens (tertiary/aromatic N) is 4. The lowest BCUT2D eigenvalue weighted by molar-refractivity contribution is 0.446. The van der Waals surface area contributed by atoms with Crippen LogP contribution in [0.1, 0.15) is 19.2 Å². The van der Waals surface area contributed by atoms with Crippen molar-refractivity contribution in [1.29, 1.82) is 0 Å². The second-order valence-corrected chi connectivity index (χ2v) is 4.58. The van der Waals surface area contributed by atoms with E-state index < -0.39 is 0 Å². The van der Waals surface area contributed by atoms with E-state index in [0.717, 1.165) is 31.9 Å². The lowest BCUT2D eigenvalue weighted by Crippen LogP contribution is -2.30. The Kier molecular flexibility index (Phi) is 4.52. The third kappa shape index (κ3) is 3.70. The van der Waals surface area contributed by atoms with Crippen LogP contribution in [-0.2, 0) is 13.1 Å². The molecule has 98 valence electrons. The van der Waals surface area contributed by atoms with Crippen LogP contribution in [0, 0.1) is 6.92 Å². The van der Waals surface area contributed by atoms with Gasteiger partial charge in [-0.05, 0) is 26.3 Å². The summed E-state index contributed by atoms with van der Waals surface area (Å²) < 4.78 is 4.13. The van der Waals surface area contributed by atoms with Crippen molar-refractivity contribution >= 4 is 0 Å². The zero-order valence-corrected chi connectivity index (χ0v) is 11.1. The monoisotopic (exact) mass is 247 g/mol. The third-order valence-corrected chi connectivity index (χ3v) is 3.12. The molecule has 18 heavy (non-hydrogen) atoms. The number of aromatic nitrogens is 4. The minimum absolute atomic E-state index is 0.498. The van der Waals surface area contributed by atoms with Crippen LogP contribution in [0.2, 0.25) is 0 Å². The van der Waals surface area contributed by atoms with Gasteiger partial charge in [0.1, 0.15) is 5.82 Å². The third-order valence-electron chi connectivity index (χ3n) is 3.12. The van der Waals surface area contributed by atoms with E-state index in [2.05, 4.69) is 26.9 Å². The number of rotatable bonds is 7. The van der Waals surface area contributed by atoms with Gasteiger partial charge in [0, 0.05) is 50.5 Å². The van der Waals surface area contributed by atoms with Crippen molar-refractivity contribution in [2.75, 3.05) is 6.54 Å². The Bertz CT molecular complexity index is 446. The van der Waals surface area contributed by atoms with E-state index in [9.17, 15) is 0 Å². The van der Waals surface area contributed by atoms with Crippen molar-refractivity contribution in [3.63, 3.8) is 0 Å². The lowest BCUT2D eigenvalue weighted by atomic mass is 10.2. The molecule has 0 amide bonds. The van der Waals surface area contributed by atoms with Gasteiger partial charge < -0.3 is 9.88 Å². The fraction of sp³-hybridized carbons (Fsp3) is 0.538. The largest absolute Gasteiger partial charge is 0.334 e. The summed E-state index contributed by atoms with van der Waals surface area (Å²) in [5.74, 6) is 1.07. The molecule has 0 saturated heterocycles. The Labute approximate surface area is 108 Å². The highest BCUT2D eigenvalue weighted by Gasteiger charge is 2.02. The molecule has 0 spiro atoms. The fourth-order valence-corrected chi connectivity index (χ4v) is 1.93. The number of aryl methyl sites for hydroxylation is 2. The molecule has 0 radical (unpaired) electrons. The van der Waals surface area contributed by atoms with Crippen LogP contribution in [-0.4, -0.2) is 31.9 Å². The fourth-order valence-electron chi connectivity index (χ4n) is 1.93. The van der Waals surface area contributed by atoms with Crippen LogP contribution in [0.15, 0.2) is 30.9 Å². The van der Waals surface area contributed by atoms with E-state index in [1.54, 1.807) is 0 Å². The first-order valence-electron chi connectivity index (χ1n) is 6.44. The van der Waals surface area contributed by atoms with Gasteiger partial charge in [0.25, 0.3) is 0 Å². The average molecular weight is 247 g/mol. The molecule has 2 aromatic rings. The standard InChI is InChI=1S/C13H21N5/c1-12(4-9-18-8-3-5-16-18)14-6-10-17-11-7-15-13(17)2/h3,5,7-8,11-12,14H,4,6,9-10H2,1-2H3. The first-order valence-corrected chi connectivity index (χ1v) is 6.44. The van der Waals surface area contributed by atoms with Crippen molar-refractivity contribution < 1.29 is 0 Å². The second kappa shape index (κ2) is 6.35. The predicted octanol–water partition coefficient (Wildman–Crippen LogP) is 1.46. The SMILES string of the molecule is Cc1nccn1CCNC(C)CCn1cccn1. The van der Waals surface area contributed by atoms with Gasteiger partial charge in [0.05, 0.1) is 0 Å². The van der Waals surface area contributed by atoms with Crippen LogP contribution in [0.5, 0.6) is 0 Å². The van der Waals surface area contributed by atoms with E-state index in [4.69, 9.17) is 0 Å². The van der Waals surface area contributed by atoms with Gasteiger partial charge in [-0.25, -0.2) is 4.98 Å². The zero-order valence-electron chi connectivity index (χ0n) is 11.1. The first-order chi connectivity index (χ1) is 8.75. The Balaban J connectivity index is 1.63. The maximum atomic E-state index is 4.21. The van der Waals surface area contributed by atoms with Crippen LogP contribution >= 0.6 is 0 Å². The summed E-state index contributed by atoms with van der Waals surface area (Å²) in [5, 5.41) is 7.72. The molecule has 5 nitrogen and oxygen atoms in total. The molecule has 1 unspecified atom stereocenters. The molecule has 2 rings (SSSR count). The predicted molar refractivity (Wildman–Crippen MR) is 71.3 cm³/mol. The normalized spacial score (nSPS) is 12.8. The topological polar surface area (TPSA) is 47.7 Å². The Morgan fingerprint density at radius 2 is 2.17 bits per heavy atom. The summed E-state index contributed by atoms with van der Waals surface area (Å²) in [7, 11) is 0. The van der Waals surface area contributed by atoms with E-state index in [1.807, 2.05) is 42.5 Å². The number of hydrogen-bond donors (Lipinski definition) is 1. The maximum Gasteiger partial charge on any atom is 0.105 e. The zero-order chi connectivity index (χ0) is 12.8. The summed E-state index contributed by atoms with van der Waals surface area (Å²) >= 11 is 0. The van der Waals surface area contributed by atoms with Crippen molar-refractivity contribution in [2.24, 2.45) is 0 Å². The van der Waals surface area contributed by atoms with E-state index in [1.165, 1.54) is 0 Å². The Morgan fingerprint density at radius 3 is 2.83 bits per heavy atom. The summed E-state index contributed by atoms with van der Waals surface area (Å²) in [6, 6.07) is 2.46. The van der Waals surface area contributed by atoms with Crippen molar-refractivity contribution in [3.05, 3.63) is 36.7 Å². The lowest BCUT2D eigenvalue weighted by Gasteiger charge is -2.14. The number of hydrogen-bond acceptors (Lipinski definition) is 3. The van der Waals surface area contributed by atoms with E-state index in [0.29, 0.717) is 6.04 Å². The van der Waals surface area contributed by atoms with Crippen LogP contribution in [0.3, 0.4) is 0 Å². The van der Waals surface area contributed by atoms with E-state index >= 15 is 0 Å². The van der Waals surface area contributed by atoms with Gasteiger partial charge in [-0.2, -0.15) is 5.10 Å². The van der Waals surface area contributed by atoms with Crippen molar-refractivity contribution in [2.45, 2.75) is 39.4 Å². The minimum atomic E-state index is 0.498. The highest BCUT2D eigenvalue weighted by molar-refractivity contribution is 4.88. The highest BCUT2D eigenvalue weighted by Crippen LogP contribution is 1.97. The summed E-state index contributed by atoms with van der Waals surface area (Å²) in [6.45, 7) is 7.14. The second-order valence-electron chi connectivity index (χ2n) is 4.58. The highest BCUT2D eigenvalue weighted by atomic mass is 15.3. The summed E-state index contributed by atoms with van der Waals surface area (Å²) in [4.78, 5) is 4.21. The molecular weight excluding hydrogens is 226 g/mol. The number of nitrogens with one attached hydrogen (secondary N) is 1. The Hall–Kier alpha value is -1.62. The minimum Gasteiger partial charge on any atom is -0.334 e. The average Bonchev–Trinajstić information content (AvgIpc) is 2.99. The van der Waals surface area contributed by atoms with Crippen LogP contribution < -0.4 is 5.32 Å². The van der Waals surface area contributed by atoms with E-state index in [-0.39, 0.29) is 0 Å². The molecule has 0 bridgehead atoms. The molecule has 0 aliphatic carbocycles. The molecule has 0 aliphatic heterocycles. The van der Waals surface area contributed by atoms with Gasteiger partial charge in [-0.3, -0.25) is 4.68 Å². The molecule has 5 heteroatoms. The first kappa shape index (κ1) is 12.8. The molecule has 2 heterocycles. The smallest absolute Gasteiger partial charge is 0.105 e. The van der Waals surface area contributed by atoms with Gasteiger partial charge >= 0.3 is 0 Å². The molecule has 0 saturated carbocycles. The molecule has 0 aliphatic rings. The Morgan fingerprint density at radius 1 is 1.28 bits per heavy atom. The molecule has 2 aromatic heterocycles. The quantitative estimate of drug-likeness (QED) is 0.805. The number of imidazole rings is 1. The molecule has 0 aromatic carbocycles. The van der Waals surface area contributed by atoms with Crippen LogP contribution in [0.4, 0.5) is 0 Å². The summed E-state index contributed by atoms with van der Waals surface area (Å²) in [5.41, 5.74) is 0. The molecular formula is C13H21N5. The van der Waals surface area contributed by atoms with Gasteiger partial charge in [-0.15, -0.1) is 0 Å². The van der Waals surface area contributed by atoms with Gasteiger partial charge in [0.15, 0.2) is 0 Å². The van der Waals surface area contributed by atoms with Crippen molar-refractivity contribution in [3.8, 4) is 0 Å². The van der Waals surface area contributed by atoms with Gasteiger partial charge in [-0.1, -0.05) is 0 Å². The van der Waals surface area contributed by atoms with Crippen LogP contribution in [0.25, 0.3) is 0 Å². The molecule has 0 fully saturated rings. The maximum absolute atomic E-state index is 4.21. The molecule has 1 N–H and O–H groups in total. The molecule has 1 atom stereocenters.